The minimum absolute atomic E-state index is 0.0258. The van der Waals surface area contributed by atoms with Gasteiger partial charge in [-0.2, -0.15) is 0 Å². The third-order valence-electron chi connectivity index (χ3n) is 7.82. The molecular formula is C30H32N4O4S. The third-order valence-corrected chi connectivity index (χ3v) is 9.11. The first-order chi connectivity index (χ1) is 18.9. The molecule has 1 saturated heterocycles. The molecule has 3 aromatic heterocycles. The van der Waals surface area contributed by atoms with Crippen LogP contribution in [-0.2, 0) is 21.8 Å². The summed E-state index contributed by atoms with van der Waals surface area (Å²) in [4.78, 5) is 4.05. The maximum atomic E-state index is 12.8. The zero-order valence-electron chi connectivity index (χ0n) is 22.0. The highest BCUT2D eigenvalue weighted by Crippen LogP contribution is 2.41. The SMILES string of the molecule is CCS(=O)(=O)Nc1cc(-c2cn(C)c3c(O)nccc23)cc2c1ccn2[C@@H](c1ccccc1)C1CCOCC1. The fourth-order valence-electron chi connectivity index (χ4n) is 5.89. The van der Waals surface area contributed by atoms with E-state index in [-0.39, 0.29) is 17.7 Å². The normalized spacial score (nSPS) is 15.6. The number of hydrogen-bond acceptors (Lipinski definition) is 5. The fourth-order valence-corrected chi connectivity index (χ4v) is 6.54. The van der Waals surface area contributed by atoms with E-state index in [0.29, 0.717) is 17.1 Å². The Labute approximate surface area is 227 Å². The number of sulfonamides is 1. The van der Waals surface area contributed by atoms with Gasteiger partial charge in [-0.15, -0.1) is 0 Å². The Morgan fingerprint density at radius 3 is 2.62 bits per heavy atom. The van der Waals surface area contributed by atoms with E-state index in [1.54, 1.807) is 13.1 Å². The number of aromatic nitrogens is 3. The molecule has 0 amide bonds. The standard InChI is InChI=1S/C30H32N4O4S/c1-3-39(36,37)32-26-17-22(25-19-33(2)29-23(25)9-13-31-30(29)35)18-27-24(26)10-14-34(27)28(20-7-5-4-6-8-20)21-11-15-38-16-12-21/h4-10,13-14,17-19,21,28,32H,3,11-12,15-16H2,1-2H3,(H,31,35)/t28-/m0/s1. The van der Waals surface area contributed by atoms with Crippen LogP contribution in [0.3, 0.4) is 0 Å². The lowest BCUT2D eigenvalue weighted by Gasteiger charge is -2.32. The number of benzene rings is 2. The monoisotopic (exact) mass is 544 g/mol. The lowest BCUT2D eigenvalue weighted by Crippen LogP contribution is -2.26. The van der Waals surface area contributed by atoms with Crippen molar-refractivity contribution in [3.05, 3.63) is 78.8 Å². The molecular weight excluding hydrogens is 512 g/mol. The summed E-state index contributed by atoms with van der Waals surface area (Å²) in [5, 5.41) is 12.1. The van der Waals surface area contributed by atoms with Crippen LogP contribution in [-0.4, -0.2) is 46.6 Å². The molecule has 2 aromatic carbocycles. The van der Waals surface area contributed by atoms with Crippen molar-refractivity contribution in [3.8, 4) is 17.0 Å². The molecule has 9 heteroatoms. The van der Waals surface area contributed by atoms with E-state index in [4.69, 9.17) is 4.74 Å². The van der Waals surface area contributed by atoms with E-state index in [1.165, 1.54) is 5.56 Å². The summed E-state index contributed by atoms with van der Waals surface area (Å²) in [6.07, 6.45) is 7.50. The molecule has 5 aromatic rings. The van der Waals surface area contributed by atoms with Crippen molar-refractivity contribution in [3.63, 3.8) is 0 Å². The van der Waals surface area contributed by atoms with E-state index in [1.807, 2.05) is 42.1 Å². The number of ether oxygens (including phenoxy) is 1. The van der Waals surface area contributed by atoms with E-state index < -0.39 is 10.0 Å². The Morgan fingerprint density at radius 2 is 1.87 bits per heavy atom. The summed E-state index contributed by atoms with van der Waals surface area (Å²) in [5.41, 5.74) is 5.06. The topological polar surface area (TPSA) is 98.4 Å². The molecule has 4 heterocycles. The number of rotatable bonds is 7. The van der Waals surface area contributed by atoms with Crippen LogP contribution in [0.15, 0.2) is 73.2 Å². The average Bonchev–Trinajstić information content (AvgIpc) is 3.52. The Kier molecular flexibility index (Phi) is 6.56. The van der Waals surface area contributed by atoms with Gasteiger partial charge in [0, 0.05) is 55.2 Å². The number of fused-ring (bicyclic) bond motifs is 2. The van der Waals surface area contributed by atoms with E-state index >= 15 is 0 Å². The molecule has 1 aliphatic rings. The molecule has 6 rings (SSSR count). The van der Waals surface area contributed by atoms with Gasteiger partial charge in [0.05, 0.1) is 23.0 Å². The predicted molar refractivity (Wildman–Crippen MR) is 155 cm³/mol. The van der Waals surface area contributed by atoms with Crippen molar-refractivity contribution in [2.75, 3.05) is 23.7 Å². The number of pyridine rings is 1. The number of aryl methyl sites for hydroxylation is 1. The van der Waals surface area contributed by atoms with E-state index in [0.717, 1.165) is 53.5 Å². The molecule has 0 radical (unpaired) electrons. The van der Waals surface area contributed by atoms with Crippen LogP contribution in [0.25, 0.3) is 32.9 Å². The largest absolute Gasteiger partial charge is 0.492 e. The number of hydrogen-bond donors (Lipinski definition) is 2. The quantitative estimate of drug-likeness (QED) is 0.275. The molecule has 2 N–H and O–H groups in total. The maximum Gasteiger partial charge on any atom is 0.236 e. The number of nitrogens with zero attached hydrogens (tertiary/aromatic N) is 3. The van der Waals surface area contributed by atoms with Gasteiger partial charge in [0.1, 0.15) is 5.52 Å². The van der Waals surface area contributed by atoms with Crippen molar-refractivity contribution in [1.82, 2.24) is 14.1 Å². The highest BCUT2D eigenvalue weighted by molar-refractivity contribution is 7.92. The Hall–Kier alpha value is -3.82. The predicted octanol–water partition coefficient (Wildman–Crippen LogP) is 5.68. The highest BCUT2D eigenvalue weighted by Gasteiger charge is 2.28. The second-order valence-corrected chi connectivity index (χ2v) is 12.2. The summed E-state index contributed by atoms with van der Waals surface area (Å²) in [6, 6.07) is 18.4. The first kappa shape index (κ1) is 25.5. The van der Waals surface area contributed by atoms with Crippen LogP contribution in [0.2, 0.25) is 0 Å². The molecule has 1 atom stereocenters. The van der Waals surface area contributed by atoms with Crippen molar-refractivity contribution >= 4 is 37.5 Å². The highest BCUT2D eigenvalue weighted by atomic mass is 32.2. The van der Waals surface area contributed by atoms with Gasteiger partial charge in [0.2, 0.25) is 15.9 Å². The van der Waals surface area contributed by atoms with Gasteiger partial charge >= 0.3 is 0 Å². The Bertz CT molecular complexity index is 1750. The van der Waals surface area contributed by atoms with Crippen molar-refractivity contribution in [2.45, 2.75) is 25.8 Å². The zero-order chi connectivity index (χ0) is 27.1. The number of anilines is 1. The molecule has 8 nitrogen and oxygen atoms in total. The first-order valence-electron chi connectivity index (χ1n) is 13.3. The minimum Gasteiger partial charge on any atom is -0.492 e. The van der Waals surface area contributed by atoms with Crippen LogP contribution in [0.1, 0.15) is 31.4 Å². The first-order valence-corrected chi connectivity index (χ1v) is 14.9. The van der Waals surface area contributed by atoms with Crippen LogP contribution >= 0.6 is 0 Å². The smallest absolute Gasteiger partial charge is 0.236 e. The average molecular weight is 545 g/mol. The summed E-state index contributed by atoms with van der Waals surface area (Å²) in [5.74, 6) is 0.306. The molecule has 0 unspecified atom stereocenters. The molecule has 0 aliphatic carbocycles. The number of nitrogens with one attached hydrogen (secondary N) is 1. The second-order valence-electron chi connectivity index (χ2n) is 10.2. The minimum atomic E-state index is -3.52. The van der Waals surface area contributed by atoms with Gasteiger partial charge < -0.3 is 19.0 Å². The van der Waals surface area contributed by atoms with Gasteiger partial charge in [-0.25, -0.2) is 13.4 Å². The Morgan fingerprint density at radius 1 is 1.10 bits per heavy atom. The van der Waals surface area contributed by atoms with Crippen molar-refractivity contribution in [1.29, 1.82) is 0 Å². The Balaban J connectivity index is 1.61. The fraction of sp³-hybridized carbons (Fsp3) is 0.300. The zero-order valence-corrected chi connectivity index (χ0v) is 22.9. The summed E-state index contributed by atoms with van der Waals surface area (Å²) >= 11 is 0. The van der Waals surface area contributed by atoms with Gasteiger partial charge in [-0.05, 0) is 61.1 Å². The lowest BCUT2D eigenvalue weighted by atomic mass is 9.86. The van der Waals surface area contributed by atoms with Gasteiger partial charge in [-0.1, -0.05) is 30.3 Å². The summed E-state index contributed by atoms with van der Waals surface area (Å²) in [6.45, 7) is 3.09. The van der Waals surface area contributed by atoms with Crippen LogP contribution in [0.4, 0.5) is 5.69 Å². The van der Waals surface area contributed by atoms with Crippen LogP contribution in [0.5, 0.6) is 5.88 Å². The van der Waals surface area contributed by atoms with E-state index in [9.17, 15) is 13.5 Å². The van der Waals surface area contributed by atoms with Gasteiger partial charge in [0.15, 0.2) is 0 Å². The van der Waals surface area contributed by atoms with Crippen molar-refractivity contribution < 1.29 is 18.3 Å². The maximum absolute atomic E-state index is 12.8. The lowest BCUT2D eigenvalue weighted by molar-refractivity contribution is 0.0548. The molecule has 1 fully saturated rings. The molecule has 39 heavy (non-hydrogen) atoms. The molecule has 202 valence electrons. The third kappa shape index (κ3) is 4.66. The van der Waals surface area contributed by atoms with Crippen LogP contribution < -0.4 is 4.72 Å². The molecule has 0 saturated carbocycles. The second kappa shape index (κ2) is 10.1. The molecule has 0 spiro atoms. The molecule has 0 bridgehead atoms. The number of aromatic hydroxyl groups is 1. The van der Waals surface area contributed by atoms with Gasteiger partial charge in [-0.3, -0.25) is 4.72 Å². The summed E-state index contributed by atoms with van der Waals surface area (Å²) in [7, 11) is -1.65. The molecule has 1 aliphatic heterocycles. The summed E-state index contributed by atoms with van der Waals surface area (Å²) < 4.78 is 38.2. The van der Waals surface area contributed by atoms with Gasteiger partial charge in [0.25, 0.3) is 0 Å². The van der Waals surface area contributed by atoms with Crippen molar-refractivity contribution in [2.24, 2.45) is 13.0 Å². The van der Waals surface area contributed by atoms with Crippen LogP contribution in [0, 0.1) is 5.92 Å². The van der Waals surface area contributed by atoms with E-state index in [2.05, 4.69) is 50.8 Å².